The minimum atomic E-state index is -0.293. The van der Waals surface area contributed by atoms with Crippen LogP contribution in [0.25, 0.3) is 0 Å². The Bertz CT molecular complexity index is 1000. The highest BCUT2D eigenvalue weighted by Crippen LogP contribution is 2.31. The molecule has 170 valence electrons. The maximum atomic E-state index is 13.0. The number of carbonyl (C=O) groups excluding carboxylic acids is 1. The summed E-state index contributed by atoms with van der Waals surface area (Å²) >= 11 is 6.48. The zero-order chi connectivity index (χ0) is 22.9. The number of ether oxygens (including phenoxy) is 1. The molecule has 0 fully saturated rings. The third-order valence-corrected chi connectivity index (χ3v) is 6.34. The monoisotopic (exact) mass is 452 g/mol. The molecule has 0 radical (unpaired) electrons. The molecular formula is C27H33ClN2O2. The van der Waals surface area contributed by atoms with Crippen molar-refractivity contribution in [2.24, 2.45) is 5.92 Å². The Balaban J connectivity index is 1.97. The normalized spacial score (nSPS) is 13.0. The lowest BCUT2D eigenvalue weighted by atomic mass is 9.86. The summed E-state index contributed by atoms with van der Waals surface area (Å²) in [5, 5.41) is 0.743. The fourth-order valence-corrected chi connectivity index (χ4v) is 4.29. The van der Waals surface area contributed by atoms with Crippen LogP contribution >= 0.6 is 11.6 Å². The smallest absolute Gasteiger partial charge is 0.309 e. The Morgan fingerprint density at radius 2 is 1.81 bits per heavy atom. The lowest BCUT2D eigenvalue weighted by Gasteiger charge is -2.24. The van der Waals surface area contributed by atoms with E-state index in [4.69, 9.17) is 21.3 Å². The van der Waals surface area contributed by atoms with Crippen LogP contribution in [-0.2, 0) is 28.9 Å². The number of carbonyl (C=O) groups is 1. The summed E-state index contributed by atoms with van der Waals surface area (Å²) in [7, 11) is 0. The molecule has 2 unspecified atom stereocenters. The van der Waals surface area contributed by atoms with Crippen molar-refractivity contribution in [2.75, 3.05) is 6.61 Å². The van der Waals surface area contributed by atoms with E-state index in [0.717, 1.165) is 46.9 Å². The quantitative estimate of drug-likeness (QED) is 0.314. The number of unbranched alkanes of at least 4 members (excludes halogenated alkanes) is 1. The van der Waals surface area contributed by atoms with E-state index >= 15 is 0 Å². The fraction of sp³-hybridized carbons (Fsp3) is 0.407. The third kappa shape index (κ3) is 6.01. The highest BCUT2D eigenvalue weighted by Gasteiger charge is 2.31. The Labute approximate surface area is 196 Å². The number of hydrogen-bond donors (Lipinski definition) is 0. The number of benzene rings is 2. The van der Waals surface area contributed by atoms with Crippen LogP contribution in [0.3, 0.4) is 0 Å². The average molecular weight is 453 g/mol. The van der Waals surface area contributed by atoms with Gasteiger partial charge in [-0.3, -0.25) is 4.79 Å². The predicted octanol–water partition coefficient (Wildman–Crippen LogP) is 6.45. The van der Waals surface area contributed by atoms with E-state index in [2.05, 4.69) is 30.5 Å². The van der Waals surface area contributed by atoms with Gasteiger partial charge in [0.1, 0.15) is 5.82 Å². The van der Waals surface area contributed by atoms with Crippen molar-refractivity contribution in [3.8, 4) is 0 Å². The van der Waals surface area contributed by atoms with E-state index in [1.54, 1.807) is 0 Å². The molecule has 2 atom stereocenters. The van der Waals surface area contributed by atoms with Gasteiger partial charge in [-0.25, -0.2) is 4.98 Å². The van der Waals surface area contributed by atoms with Gasteiger partial charge in [0.25, 0.3) is 0 Å². The van der Waals surface area contributed by atoms with Crippen LogP contribution in [0, 0.1) is 5.92 Å². The number of aromatic nitrogens is 2. The van der Waals surface area contributed by atoms with Crippen LogP contribution in [0.2, 0.25) is 5.02 Å². The van der Waals surface area contributed by atoms with Gasteiger partial charge in [-0.05, 0) is 37.0 Å². The van der Waals surface area contributed by atoms with Crippen molar-refractivity contribution in [3.05, 3.63) is 88.5 Å². The van der Waals surface area contributed by atoms with Gasteiger partial charge < -0.3 is 9.30 Å². The molecule has 0 spiro atoms. The Morgan fingerprint density at radius 1 is 1.09 bits per heavy atom. The van der Waals surface area contributed by atoms with E-state index in [0.29, 0.717) is 19.6 Å². The first-order chi connectivity index (χ1) is 15.5. The molecule has 0 saturated carbocycles. The van der Waals surface area contributed by atoms with E-state index in [1.165, 1.54) is 0 Å². The van der Waals surface area contributed by atoms with Crippen LogP contribution in [0.1, 0.15) is 62.2 Å². The van der Waals surface area contributed by atoms with Crippen LogP contribution < -0.4 is 0 Å². The molecule has 32 heavy (non-hydrogen) atoms. The second-order valence-corrected chi connectivity index (χ2v) is 8.62. The van der Waals surface area contributed by atoms with Gasteiger partial charge in [0.2, 0.25) is 0 Å². The Hall–Kier alpha value is -2.59. The predicted molar refractivity (Wildman–Crippen MR) is 130 cm³/mol. The minimum Gasteiger partial charge on any atom is -0.466 e. The number of rotatable bonds is 11. The van der Waals surface area contributed by atoms with Gasteiger partial charge in [-0.15, -0.1) is 0 Å². The molecule has 5 heteroatoms. The fourth-order valence-electron chi connectivity index (χ4n) is 4.09. The van der Waals surface area contributed by atoms with Gasteiger partial charge >= 0.3 is 5.97 Å². The summed E-state index contributed by atoms with van der Waals surface area (Å²) in [5.41, 5.74) is 3.22. The molecule has 0 saturated heterocycles. The lowest BCUT2D eigenvalue weighted by molar-refractivity contribution is -0.148. The van der Waals surface area contributed by atoms with Crippen molar-refractivity contribution >= 4 is 17.6 Å². The van der Waals surface area contributed by atoms with Crippen LogP contribution in [0.5, 0.6) is 0 Å². The molecule has 0 N–H and O–H groups in total. The molecule has 0 bridgehead atoms. The highest BCUT2D eigenvalue weighted by molar-refractivity contribution is 6.31. The average Bonchev–Trinajstić information content (AvgIpc) is 3.20. The lowest BCUT2D eigenvalue weighted by Crippen LogP contribution is -2.27. The summed E-state index contributed by atoms with van der Waals surface area (Å²) in [6.45, 7) is 7.15. The SMILES string of the molecule is CCCCc1ncc(C(C)C(Cc2ccccc2)C(=O)OCC)n1Cc1ccccc1Cl. The molecule has 1 aromatic heterocycles. The second-order valence-electron chi connectivity index (χ2n) is 8.22. The standard InChI is InChI=1S/C27H33ClN2O2/c1-4-6-16-26-29-18-25(30(26)19-22-14-10-11-15-24(22)28)20(3)23(27(31)32-5-2)17-21-12-8-7-9-13-21/h7-15,18,20,23H,4-6,16-17,19H2,1-3H3. The number of esters is 1. The first-order valence-electron chi connectivity index (χ1n) is 11.5. The molecule has 4 nitrogen and oxygen atoms in total. The number of nitrogens with zero attached hydrogens (tertiary/aromatic N) is 2. The van der Waals surface area contributed by atoms with Crippen LogP contribution in [0.15, 0.2) is 60.8 Å². The van der Waals surface area contributed by atoms with Gasteiger partial charge in [0.15, 0.2) is 0 Å². The van der Waals surface area contributed by atoms with Crippen LogP contribution in [0.4, 0.5) is 0 Å². The van der Waals surface area contributed by atoms with Gasteiger partial charge in [0.05, 0.1) is 19.1 Å². The van der Waals surface area contributed by atoms with E-state index in [9.17, 15) is 4.79 Å². The zero-order valence-corrected chi connectivity index (χ0v) is 20.0. The molecule has 2 aromatic carbocycles. The van der Waals surface area contributed by atoms with Gasteiger partial charge in [-0.2, -0.15) is 0 Å². The largest absolute Gasteiger partial charge is 0.466 e. The number of hydrogen-bond acceptors (Lipinski definition) is 3. The van der Waals surface area contributed by atoms with Crippen molar-refractivity contribution in [3.63, 3.8) is 0 Å². The summed E-state index contributed by atoms with van der Waals surface area (Å²) in [6.07, 6.45) is 5.63. The van der Waals surface area contributed by atoms with Crippen molar-refractivity contribution in [1.29, 1.82) is 0 Å². The van der Waals surface area contributed by atoms with Gasteiger partial charge in [0, 0.05) is 29.3 Å². The summed E-state index contributed by atoms with van der Waals surface area (Å²) < 4.78 is 7.73. The first-order valence-corrected chi connectivity index (χ1v) is 11.9. The Kier molecular flexibility index (Phi) is 8.92. The molecule has 0 aliphatic rings. The summed E-state index contributed by atoms with van der Waals surface area (Å²) in [6, 6.07) is 18.0. The number of halogens is 1. The molecule has 0 aliphatic heterocycles. The van der Waals surface area contributed by atoms with Crippen molar-refractivity contribution < 1.29 is 9.53 Å². The zero-order valence-electron chi connectivity index (χ0n) is 19.3. The minimum absolute atomic E-state index is 0.0559. The third-order valence-electron chi connectivity index (χ3n) is 5.97. The molecule has 3 rings (SSSR count). The maximum Gasteiger partial charge on any atom is 0.309 e. The number of imidazole rings is 1. The van der Waals surface area contributed by atoms with Crippen LogP contribution in [-0.4, -0.2) is 22.1 Å². The van der Waals surface area contributed by atoms with Gasteiger partial charge in [-0.1, -0.05) is 80.4 Å². The molecular weight excluding hydrogens is 420 g/mol. The van der Waals surface area contributed by atoms with E-state index in [1.807, 2.05) is 55.6 Å². The molecule has 1 heterocycles. The summed E-state index contributed by atoms with van der Waals surface area (Å²) in [4.78, 5) is 17.8. The first kappa shape index (κ1) is 24.1. The second kappa shape index (κ2) is 11.9. The Morgan fingerprint density at radius 3 is 2.50 bits per heavy atom. The molecule has 0 aliphatic carbocycles. The topological polar surface area (TPSA) is 44.1 Å². The maximum absolute atomic E-state index is 13.0. The number of aryl methyl sites for hydroxylation is 1. The summed E-state index contributed by atoms with van der Waals surface area (Å²) in [5.74, 6) is 0.526. The van der Waals surface area contributed by atoms with E-state index < -0.39 is 0 Å². The van der Waals surface area contributed by atoms with Crippen molar-refractivity contribution in [2.45, 2.75) is 58.9 Å². The molecule has 3 aromatic rings. The van der Waals surface area contributed by atoms with Crippen molar-refractivity contribution in [1.82, 2.24) is 9.55 Å². The van der Waals surface area contributed by atoms with E-state index in [-0.39, 0.29) is 17.8 Å². The highest BCUT2D eigenvalue weighted by atomic mass is 35.5. The molecule has 0 amide bonds.